The molecule has 188 valence electrons. The number of halogens is 1. The van der Waals surface area contributed by atoms with Gasteiger partial charge in [-0.2, -0.15) is 8.70 Å². The van der Waals surface area contributed by atoms with Crippen molar-refractivity contribution >= 4 is 39.1 Å². The molecule has 35 heavy (non-hydrogen) atoms. The van der Waals surface area contributed by atoms with Crippen molar-refractivity contribution in [3.05, 3.63) is 59.9 Å². The zero-order valence-electron chi connectivity index (χ0n) is 20.2. The molecule has 1 unspecified atom stereocenters. The van der Waals surface area contributed by atoms with Crippen LogP contribution in [-0.2, 0) is 20.2 Å². The molecule has 1 N–H and O–H groups in total. The summed E-state index contributed by atoms with van der Waals surface area (Å²) in [6.45, 7) is 2.60. The van der Waals surface area contributed by atoms with E-state index in [1.165, 1.54) is 16.1 Å². The maximum Gasteiger partial charge on any atom is 0.364 e. The van der Waals surface area contributed by atoms with Crippen molar-refractivity contribution in [3.8, 4) is 0 Å². The van der Waals surface area contributed by atoms with Crippen LogP contribution in [0.4, 0.5) is 15.8 Å². The third kappa shape index (κ3) is 4.86. The average molecular weight is 519 g/mol. The van der Waals surface area contributed by atoms with Gasteiger partial charge in [0.25, 0.3) is 0 Å². The van der Waals surface area contributed by atoms with Crippen LogP contribution < -0.4 is 4.90 Å². The summed E-state index contributed by atoms with van der Waals surface area (Å²) in [5.41, 5.74) is 1.35. The van der Waals surface area contributed by atoms with Crippen LogP contribution >= 0.6 is 11.8 Å². The number of carbonyl (C=O) groups is 1. The Balaban J connectivity index is 1.94. The van der Waals surface area contributed by atoms with Crippen molar-refractivity contribution in [2.24, 2.45) is 0 Å². The van der Waals surface area contributed by atoms with E-state index in [0.29, 0.717) is 30.6 Å². The highest BCUT2D eigenvalue weighted by Crippen LogP contribution is 2.55. The van der Waals surface area contributed by atoms with E-state index in [-0.39, 0.29) is 10.9 Å². The first kappa shape index (κ1) is 25.7. The molecule has 2 aromatic rings. The molecule has 4 rings (SSSR count). The second-order valence-electron chi connectivity index (χ2n) is 9.24. The predicted octanol–water partition coefficient (Wildman–Crippen LogP) is 5.71. The van der Waals surface area contributed by atoms with Crippen molar-refractivity contribution in [2.45, 2.75) is 60.3 Å². The fraction of sp³-hybridized carbons (Fsp3) is 0.423. The highest BCUT2D eigenvalue weighted by molar-refractivity contribution is 7.98. The summed E-state index contributed by atoms with van der Waals surface area (Å²) in [7, 11) is -2.22. The molecule has 1 fully saturated rings. The van der Waals surface area contributed by atoms with Crippen molar-refractivity contribution in [1.29, 1.82) is 0 Å². The number of sulfonamides is 1. The number of fused-ring (bicyclic) bond motifs is 1. The summed E-state index contributed by atoms with van der Waals surface area (Å²) in [6, 6.07) is 13.1. The Hall–Kier alpha value is -2.36. The number of anilines is 2. The highest BCUT2D eigenvalue weighted by atomic mass is 32.2. The maximum absolute atomic E-state index is 14.2. The molecule has 0 aromatic heterocycles. The van der Waals surface area contributed by atoms with Gasteiger partial charge in [0.05, 0.1) is 5.69 Å². The number of carboxylic acids is 1. The van der Waals surface area contributed by atoms with Crippen LogP contribution in [0.2, 0.25) is 0 Å². The molecular weight excluding hydrogens is 487 g/mol. The minimum atomic E-state index is -3.85. The number of rotatable bonds is 8. The smallest absolute Gasteiger partial charge is 0.364 e. The number of aliphatic carboxylic acids is 1. The van der Waals surface area contributed by atoms with E-state index in [2.05, 4.69) is 11.8 Å². The molecule has 1 saturated carbocycles. The zero-order chi connectivity index (χ0) is 25.4. The number of allylic oxidation sites excluding steroid dienone is 1. The van der Waals surface area contributed by atoms with E-state index in [0.717, 1.165) is 35.9 Å². The number of unbranched alkanes of at least 4 members (excludes halogenated alkanes) is 1. The molecule has 0 bridgehead atoms. The van der Waals surface area contributed by atoms with Crippen LogP contribution in [0.1, 0.15) is 44.6 Å². The lowest BCUT2D eigenvalue weighted by atomic mass is 9.94. The monoisotopic (exact) mass is 518 g/mol. The number of para-hydroxylation sites is 1. The molecule has 2 aromatic carbocycles. The summed E-state index contributed by atoms with van der Waals surface area (Å²) in [5.74, 6) is -2.83. The first-order chi connectivity index (χ1) is 16.6. The zero-order valence-corrected chi connectivity index (χ0v) is 21.8. The van der Waals surface area contributed by atoms with Gasteiger partial charge in [-0.25, -0.2) is 13.2 Å². The van der Waals surface area contributed by atoms with Gasteiger partial charge in [0.15, 0.2) is 0 Å². The Morgan fingerprint density at radius 1 is 1.26 bits per heavy atom. The first-order valence-electron chi connectivity index (χ1n) is 11.8. The standard InChI is InChI=1S/C26H31FN2O4S2/c1-4-5-9-19-17-29(18-10-7-6-8-11-18)22-15-23(34-3)20(14-24(22)35(32,33)28(19)2)26(12-13-26)16-21(27)25(30)31/h6-8,10-11,14-16,19H,4-5,9,12-13,17H2,1-3H3,(H,30,31)/b21-16+. The molecule has 0 amide bonds. The molecule has 0 saturated heterocycles. The molecule has 1 aliphatic carbocycles. The van der Waals surface area contributed by atoms with E-state index in [1.54, 1.807) is 13.1 Å². The van der Waals surface area contributed by atoms with E-state index in [4.69, 9.17) is 5.11 Å². The van der Waals surface area contributed by atoms with E-state index in [9.17, 15) is 17.6 Å². The minimum Gasteiger partial charge on any atom is -0.476 e. The lowest BCUT2D eigenvalue weighted by molar-refractivity contribution is -0.134. The molecule has 2 aliphatic rings. The van der Waals surface area contributed by atoms with Gasteiger partial charge in [-0.15, -0.1) is 11.8 Å². The normalized spacial score (nSPS) is 21.3. The fourth-order valence-corrected chi connectivity index (χ4v) is 7.08. The van der Waals surface area contributed by atoms with Crippen LogP contribution in [0, 0.1) is 0 Å². The Morgan fingerprint density at radius 3 is 2.51 bits per heavy atom. The van der Waals surface area contributed by atoms with Crippen molar-refractivity contribution in [3.63, 3.8) is 0 Å². The fourth-order valence-electron chi connectivity index (χ4n) is 4.80. The maximum atomic E-state index is 14.2. The Labute approximate surface area is 210 Å². The summed E-state index contributed by atoms with van der Waals surface area (Å²) >= 11 is 1.46. The molecular formula is C26H31FN2O4S2. The van der Waals surface area contributed by atoms with Crippen molar-refractivity contribution < 1.29 is 22.7 Å². The predicted molar refractivity (Wildman–Crippen MR) is 138 cm³/mol. The lowest BCUT2D eigenvalue weighted by Crippen LogP contribution is -2.40. The Morgan fingerprint density at radius 2 is 1.94 bits per heavy atom. The van der Waals surface area contributed by atoms with Gasteiger partial charge >= 0.3 is 5.97 Å². The average Bonchev–Trinajstić information content (AvgIpc) is 3.64. The van der Waals surface area contributed by atoms with Gasteiger partial charge in [0.2, 0.25) is 15.9 Å². The molecule has 1 heterocycles. The highest BCUT2D eigenvalue weighted by Gasteiger charge is 2.47. The molecule has 6 nitrogen and oxygen atoms in total. The van der Waals surface area contributed by atoms with Crippen molar-refractivity contribution in [2.75, 3.05) is 24.7 Å². The third-order valence-electron chi connectivity index (χ3n) is 7.03. The second-order valence-corrected chi connectivity index (χ2v) is 12.1. The lowest BCUT2D eigenvalue weighted by Gasteiger charge is -2.30. The third-order valence-corrected chi connectivity index (χ3v) is 9.74. The number of carboxylic acid groups (broad SMARTS) is 1. The number of likely N-dealkylation sites (N-methyl/N-ethyl adjacent to an activating group) is 1. The number of hydrogen-bond acceptors (Lipinski definition) is 5. The second kappa shape index (κ2) is 9.95. The van der Waals surface area contributed by atoms with Gasteiger partial charge in [0, 0.05) is 35.6 Å². The van der Waals surface area contributed by atoms with Gasteiger partial charge < -0.3 is 10.0 Å². The van der Waals surface area contributed by atoms with Gasteiger partial charge in [-0.3, -0.25) is 0 Å². The quantitative estimate of drug-likeness (QED) is 0.356. The summed E-state index contributed by atoms with van der Waals surface area (Å²) < 4.78 is 43.5. The SMILES string of the molecule is CCCCC1CN(c2ccccc2)c2cc(SC)c(C3(/C=C(/F)C(=O)O)CC3)cc2S(=O)(=O)N1C. The van der Waals surface area contributed by atoms with E-state index >= 15 is 0 Å². The topological polar surface area (TPSA) is 77.9 Å². The van der Waals surface area contributed by atoms with Gasteiger partial charge in [-0.05, 0) is 61.4 Å². The van der Waals surface area contributed by atoms with Crippen LogP contribution in [0.5, 0.6) is 0 Å². The largest absolute Gasteiger partial charge is 0.476 e. The van der Waals surface area contributed by atoms with Crippen molar-refractivity contribution in [1.82, 2.24) is 4.31 Å². The first-order valence-corrected chi connectivity index (χ1v) is 14.5. The molecule has 0 radical (unpaired) electrons. The Kier molecular flexibility index (Phi) is 7.31. The van der Waals surface area contributed by atoms with Crippen LogP contribution in [0.25, 0.3) is 0 Å². The summed E-state index contributed by atoms with van der Waals surface area (Å²) in [5, 5.41) is 9.10. The van der Waals surface area contributed by atoms with E-state index in [1.807, 2.05) is 42.7 Å². The summed E-state index contributed by atoms with van der Waals surface area (Å²) in [6.07, 6.45) is 6.79. The molecule has 1 atom stereocenters. The minimum absolute atomic E-state index is 0.172. The molecule has 0 spiro atoms. The number of hydrogen-bond donors (Lipinski definition) is 1. The van der Waals surface area contributed by atoms with Crippen LogP contribution in [0.3, 0.4) is 0 Å². The molecule has 9 heteroatoms. The van der Waals surface area contributed by atoms with Crippen LogP contribution in [0.15, 0.2) is 64.2 Å². The Bertz CT molecular complexity index is 1240. The molecule has 1 aliphatic heterocycles. The number of benzene rings is 2. The van der Waals surface area contributed by atoms with Crippen LogP contribution in [-0.4, -0.2) is 49.7 Å². The van der Waals surface area contributed by atoms with Gasteiger partial charge in [0.1, 0.15) is 4.90 Å². The van der Waals surface area contributed by atoms with Gasteiger partial charge in [-0.1, -0.05) is 38.0 Å². The number of thioether (sulfide) groups is 1. The van der Waals surface area contributed by atoms with E-state index < -0.39 is 27.2 Å². The number of nitrogens with zero attached hydrogens (tertiary/aromatic N) is 2. The summed E-state index contributed by atoms with van der Waals surface area (Å²) in [4.78, 5) is 14.2.